The van der Waals surface area contributed by atoms with Gasteiger partial charge in [0.15, 0.2) is 0 Å². The maximum absolute atomic E-state index is 13.2. The van der Waals surface area contributed by atoms with E-state index in [4.69, 9.17) is 0 Å². The molecule has 3 rings (SSSR count). The summed E-state index contributed by atoms with van der Waals surface area (Å²) in [6.45, 7) is 0. The van der Waals surface area contributed by atoms with Crippen LogP contribution in [0.2, 0.25) is 0 Å². The summed E-state index contributed by atoms with van der Waals surface area (Å²) in [4.78, 5) is 18.4. The number of benzene rings is 1. The van der Waals surface area contributed by atoms with Crippen molar-refractivity contribution in [3.05, 3.63) is 65.2 Å². The number of carbonyl (C=O) groups is 1. The van der Waals surface area contributed by atoms with E-state index >= 15 is 0 Å². The second kappa shape index (κ2) is 6.26. The number of pyridine rings is 1. The molecule has 0 bridgehead atoms. The summed E-state index contributed by atoms with van der Waals surface area (Å²) in [5, 5.41) is 0. The molecule has 114 valence electrons. The second-order valence-electron chi connectivity index (χ2n) is 5.89. The Labute approximate surface area is 129 Å². The maximum atomic E-state index is 13.2. The minimum atomic E-state index is -0.248. The van der Waals surface area contributed by atoms with Gasteiger partial charge in [0, 0.05) is 25.5 Å². The number of hydrogen-bond donors (Lipinski definition) is 0. The third-order valence-electron chi connectivity index (χ3n) is 4.28. The van der Waals surface area contributed by atoms with Crippen molar-refractivity contribution in [1.29, 1.82) is 0 Å². The molecular weight excluding hydrogens is 279 g/mol. The summed E-state index contributed by atoms with van der Waals surface area (Å²) >= 11 is 0. The number of halogens is 1. The van der Waals surface area contributed by atoms with Crippen molar-refractivity contribution in [3.63, 3.8) is 0 Å². The highest BCUT2D eigenvalue weighted by Crippen LogP contribution is 2.25. The SMILES string of the molecule is CN(C(=O)c1cncc(Cc2cccc(F)c2)c1)C1CCC1. The molecule has 3 nitrogen and oxygen atoms in total. The Bertz CT molecular complexity index is 682. The number of amides is 1. The summed E-state index contributed by atoms with van der Waals surface area (Å²) < 4.78 is 13.2. The molecule has 1 saturated carbocycles. The predicted molar refractivity (Wildman–Crippen MR) is 83.2 cm³/mol. The lowest BCUT2D eigenvalue weighted by molar-refractivity contribution is 0.0651. The molecule has 4 heteroatoms. The number of nitrogens with zero attached hydrogens (tertiary/aromatic N) is 2. The topological polar surface area (TPSA) is 33.2 Å². The average molecular weight is 298 g/mol. The van der Waals surface area contributed by atoms with Gasteiger partial charge in [0.25, 0.3) is 5.91 Å². The van der Waals surface area contributed by atoms with E-state index in [1.54, 1.807) is 18.5 Å². The predicted octanol–water partition coefficient (Wildman–Crippen LogP) is 3.44. The monoisotopic (exact) mass is 298 g/mol. The van der Waals surface area contributed by atoms with Gasteiger partial charge in [0.05, 0.1) is 5.56 Å². The standard InChI is InChI=1S/C18H19FN2O/c1-21(17-6-3-7-17)18(22)15-9-14(11-20-12-15)8-13-4-2-5-16(19)10-13/h2,4-5,9-12,17H,3,6-8H2,1H3. The van der Waals surface area contributed by atoms with E-state index in [9.17, 15) is 9.18 Å². The Morgan fingerprint density at radius 1 is 1.27 bits per heavy atom. The van der Waals surface area contributed by atoms with Crippen molar-refractivity contribution in [2.24, 2.45) is 0 Å². The zero-order valence-electron chi connectivity index (χ0n) is 12.6. The van der Waals surface area contributed by atoms with Gasteiger partial charge in [-0.1, -0.05) is 12.1 Å². The van der Waals surface area contributed by atoms with E-state index in [0.29, 0.717) is 18.0 Å². The molecular formula is C18H19FN2O. The molecule has 1 aliphatic rings. The highest BCUT2D eigenvalue weighted by molar-refractivity contribution is 5.94. The van der Waals surface area contributed by atoms with Crippen molar-refractivity contribution in [2.75, 3.05) is 7.05 Å². The van der Waals surface area contributed by atoms with Crippen molar-refractivity contribution in [2.45, 2.75) is 31.7 Å². The largest absolute Gasteiger partial charge is 0.339 e. The van der Waals surface area contributed by atoms with Gasteiger partial charge in [0.2, 0.25) is 0 Å². The Hall–Kier alpha value is -2.23. The van der Waals surface area contributed by atoms with Crippen LogP contribution in [0.1, 0.15) is 40.7 Å². The normalized spacial score (nSPS) is 14.5. The minimum absolute atomic E-state index is 0.0123. The Balaban J connectivity index is 1.75. The molecule has 1 aromatic heterocycles. The van der Waals surface area contributed by atoms with Crippen LogP contribution in [0.5, 0.6) is 0 Å². The highest BCUT2D eigenvalue weighted by atomic mass is 19.1. The molecule has 1 heterocycles. The summed E-state index contributed by atoms with van der Waals surface area (Å²) in [6, 6.07) is 8.72. The molecule has 0 saturated heterocycles. The summed E-state index contributed by atoms with van der Waals surface area (Å²) in [5.41, 5.74) is 2.39. The van der Waals surface area contributed by atoms with Crippen LogP contribution in [0.4, 0.5) is 4.39 Å². The first-order valence-corrected chi connectivity index (χ1v) is 7.59. The molecule has 0 aliphatic heterocycles. The summed E-state index contributed by atoms with van der Waals surface area (Å²) in [7, 11) is 1.85. The van der Waals surface area contributed by atoms with E-state index in [1.165, 1.54) is 18.6 Å². The molecule has 2 aromatic rings. The molecule has 0 spiro atoms. The quantitative estimate of drug-likeness (QED) is 0.866. The number of carbonyl (C=O) groups excluding carboxylic acids is 1. The average Bonchev–Trinajstić information content (AvgIpc) is 2.45. The highest BCUT2D eigenvalue weighted by Gasteiger charge is 2.26. The van der Waals surface area contributed by atoms with Crippen LogP contribution in [-0.2, 0) is 6.42 Å². The molecule has 0 N–H and O–H groups in total. The van der Waals surface area contributed by atoms with Crippen molar-refractivity contribution < 1.29 is 9.18 Å². The Kier molecular flexibility index (Phi) is 4.18. The van der Waals surface area contributed by atoms with Crippen LogP contribution in [-0.4, -0.2) is 28.9 Å². The third kappa shape index (κ3) is 3.16. The van der Waals surface area contributed by atoms with Crippen LogP contribution in [0.15, 0.2) is 42.7 Å². The van der Waals surface area contributed by atoms with Crippen LogP contribution in [0, 0.1) is 5.82 Å². The lowest BCUT2D eigenvalue weighted by Gasteiger charge is -2.34. The molecule has 1 fully saturated rings. The van der Waals surface area contributed by atoms with E-state index in [1.807, 2.05) is 24.1 Å². The van der Waals surface area contributed by atoms with Gasteiger partial charge >= 0.3 is 0 Å². The van der Waals surface area contributed by atoms with Crippen LogP contribution in [0.25, 0.3) is 0 Å². The number of rotatable bonds is 4. The van der Waals surface area contributed by atoms with Gasteiger partial charge in [0.1, 0.15) is 5.82 Å². The van der Waals surface area contributed by atoms with Gasteiger partial charge in [-0.2, -0.15) is 0 Å². The van der Waals surface area contributed by atoms with Gasteiger partial charge in [-0.3, -0.25) is 9.78 Å². The lowest BCUT2D eigenvalue weighted by Crippen LogP contribution is -2.41. The van der Waals surface area contributed by atoms with Crippen molar-refractivity contribution in [3.8, 4) is 0 Å². The number of aromatic nitrogens is 1. The number of hydrogen-bond acceptors (Lipinski definition) is 2. The molecule has 22 heavy (non-hydrogen) atoms. The first-order chi connectivity index (χ1) is 10.6. The van der Waals surface area contributed by atoms with E-state index in [0.717, 1.165) is 24.0 Å². The second-order valence-corrected chi connectivity index (χ2v) is 5.89. The zero-order chi connectivity index (χ0) is 15.5. The smallest absolute Gasteiger partial charge is 0.255 e. The summed E-state index contributed by atoms with van der Waals surface area (Å²) in [5.74, 6) is -0.235. The van der Waals surface area contributed by atoms with Gasteiger partial charge < -0.3 is 4.90 Å². The van der Waals surface area contributed by atoms with E-state index in [-0.39, 0.29) is 11.7 Å². The Morgan fingerprint density at radius 3 is 2.77 bits per heavy atom. The lowest BCUT2D eigenvalue weighted by atomic mass is 9.91. The van der Waals surface area contributed by atoms with E-state index in [2.05, 4.69) is 4.98 Å². The molecule has 1 amide bonds. The third-order valence-corrected chi connectivity index (χ3v) is 4.28. The fourth-order valence-corrected chi connectivity index (χ4v) is 2.73. The van der Waals surface area contributed by atoms with Crippen LogP contribution < -0.4 is 0 Å². The zero-order valence-corrected chi connectivity index (χ0v) is 12.6. The van der Waals surface area contributed by atoms with Gasteiger partial charge in [-0.15, -0.1) is 0 Å². The maximum Gasteiger partial charge on any atom is 0.255 e. The Morgan fingerprint density at radius 2 is 2.09 bits per heavy atom. The van der Waals surface area contributed by atoms with Crippen molar-refractivity contribution >= 4 is 5.91 Å². The van der Waals surface area contributed by atoms with Crippen LogP contribution in [0.3, 0.4) is 0 Å². The fraction of sp³-hybridized carbons (Fsp3) is 0.333. The molecule has 1 aromatic carbocycles. The fourth-order valence-electron chi connectivity index (χ4n) is 2.73. The van der Waals surface area contributed by atoms with Gasteiger partial charge in [-0.05, 0) is 55.0 Å². The first-order valence-electron chi connectivity index (χ1n) is 7.59. The summed E-state index contributed by atoms with van der Waals surface area (Å²) in [6.07, 6.45) is 7.26. The van der Waals surface area contributed by atoms with E-state index < -0.39 is 0 Å². The minimum Gasteiger partial charge on any atom is -0.339 e. The van der Waals surface area contributed by atoms with Gasteiger partial charge in [-0.25, -0.2) is 4.39 Å². The van der Waals surface area contributed by atoms with Crippen molar-refractivity contribution in [1.82, 2.24) is 9.88 Å². The van der Waals surface area contributed by atoms with Crippen LogP contribution >= 0.6 is 0 Å². The molecule has 0 atom stereocenters. The molecule has 0 unspecified atom stereocenters. The molecule has 1 aliphatic carbocycles. The first kappa shape index (κ1) is 14.7. The molecule has 0 radical (unpaired) electrons.